The van der Waals surface area contributed by atoms with Crippen molar-refractivity contribution < 1.29 is 22.6 Å². The van der Waals surface area contributed by atoms with E-state index in [2.05, 4.69) is 14.7 Å². The van der Waals surface area contributed by atoms with E-state index in [-0.39, 0.29) is 11.2 Å². The molecular weight excluding hydrogens is 271 g/mol. The summed E-state index contributed by atoms with van der Waals surface area (Å²) in [6.45, 7) is 4.28. The number of nitrogens with one attached hydrogen (secondary N) is 1. The summed E-state index contributed by atoms with van der Waals surface area (Å²) in [4.78, 5) is 3.35. The van der Waals surface area contributed by atoms with Gasteiger partial charge in [0.15, 0.2) is 5.79 Å². The van der Waals surface area contributed by atoms with Crippen LogP contribution in [0.2, 0.25) is 0 Å². The normalized spacial score (nSPS) is 23.3. The van der Waals surface area contributed by atoms with Crippen LogP contribution in [0.5, 0.6) is 0 Å². The molecule has 1 aliphatic heterocycles. The molecule has 0 aliphatic carbocycles. The van der Waals surface area contributed by atoms with Crippen LogP contribution in [0.4, 0.5) is 18.3 Å². The number of halogens is 3. The van der Waals surface area contributed by atoms with Crippen molar-refractivity contribution in [3.8, 4) is 0 Å². The minimum Gasteiger partial charge on any atom is -0.358 e. The Hall–Kier alpha value is -0.930. The van der Waals surface area contributed by atoms with Crippen LogP contribution in [0.15, 0.2) is 0 Å². The summed E-state index contributed by atoms with van der Waals surface area (Å²) in [5, 5.41) is 2.88. The molecule has 2 heterocycles. The van der Waals surface area contributed by atoms with Crippen LogP contribution in [-0.2, 0) is 15.7 Å². The maximum Gasteiger partial charge on any atom is 0.452 e. The summed E-state index contributed by atoms with van der Waals surface area (Å²) in [6.07, 6.45) is -4.72. The highest BCUT2D eigenvalue weighted by Gasteiger charge is 2.36. The maximum atomic E-state index is 12.3. The van der Waals surface area contributed by atoms with Gasteiger partial charge >= 0.3 is 6.18 Å². The average molecular weight is 283 g/mol. The number of aromatic nitrogens is 2. The topological polar surface area (TPSA) is 56.3 Å². The molecule has 0 amide bonds. The number of hydrogen-bond acceptors (Lipinski definition) is 6. The van der Waals surface area contributed by atoms with E-state index in [4.69, 9.17) is 9.47 Å². The second-order valence-electron chi connectivity index (χ2n) is 4.25. The van der Waals surface area contributed by atoms with Gasteiger partial charge in [0.1, 0.15) is 6.10 Å². The zero-order chi connectivity index (χ0) is 13.4. The Morgan fingerprint density at radius 1 is 1.50 bits per heavy atom. The zero-order valence-corrected chi connectivity index (χ0v) is 10.6. The summed E-state index contributed by atoms with van der Waals surface area (Å²) in [7, 11) is 0. The predicted molar refractivity (Wildman–Crippen MR) is 58.3 cm³/mol. The van der Waals surface area contributed by atoms with Crippen LogP contribution in [0.1, 0.15) is 19.7 Å². The van der Waals surface area contributed by atoms with E-state index in [9.17, 15) is 13.2 Å². The number of alkyl halides is 3. The molecule has 2 rings (SSSR count). The Labute approximate surface area is 105 Å². The number of ether oxygens (including phenoxy) is 2. The van der Waals surface area contributed by atoms with E-state index >= 15 is 0 Å². The van der Waals surface area contributed by atoms with Crippen LogP contribution in [0.3, 0.4) is 0 Å². The van der Waals surface area contributed by atoms with Gasteiger partial charge in [-0.15, -0.1) is 0 Å². The van der Waals surface area contributed by atoms with E-state index in [1.54, 1.807) is 13.8 Å². The zero-order valence-electron chi connectivity index (χ0n) is 9.74. The number of anilines is 1. The Kier molecular flexibility index (Phi) is 3.47. The maximum absolute atomic E-state index is 12.3. The molecular formula is C9H12F3N3O2S. The highest BCUT2D eigenvalue weighted by molar-refractivity contribution is 7.09. The van der Waals surface area contributed by atoms with Crippen molar-refractivity contribution in [3.05, 3.63) is 5.82 Å². The molecule has 1 aliphatic rings. The standard InChI is InChI=1S/C9H12F3N3O2S/c1-8(2)16-4-5(17-8)3-13-7-14-6(15-18-7)9(10,11)12/h5H,3-4H2,1-2H3,(H,13,14,15). The van der Waals surface area contributed by atoms with Gasteiger partial charge in [-0.25, -0.2) is 0 Å². The molecule has 0 bridgehead atoms. The lowest BCUT2D eigenvalue weighted by atomic mass is 10.4. The first-order valence-electron chi connectivity index (χ1n) is 5.23. The molecule has 1 fully saturated rings. The van der Waals surface area contributed by atoms with Crippen LogP contribution >= 0.6 is 11.5 Å². The molecule has 0 spiro atoms. The molecule has 1 unspecified atom stereocenters. The monoisotopic (exact) mass is 283 g/mol. The molecule has 0 radical (unpaired) electrons. The van der Waals surface area contributed by atoms with Gasteiger partial charge in [0.2, 0.25) is 11.0 Å². The molecule has 1 aromatic rings. The van der Waals surface area contributed by atoms with Gasteiger partial charge in [-0.05, 0) is 13.8 Å². The molecule has 0 aromatic carbocycles. The molecule has 9 heteroatoms. The third-order valence-electron chi connectivity index (χ3n) is 2.23. The number of rotatable bonds is 3. The lowest BCUT2D eigenvalue weighted by Crippen LogP contribution is -2.26. The van der Waals surface area contributed by atoms with Crippen molar-refractivity contribution in [1.82, 2.24) is 9.36 Å². The Morgan fingerprint density at radius 3 is 2.72 bits per heavy atom. The molecule has 1 atom stereocenters. The van der Waals surface area contributed by atoms with Crippen LogP contribution < -0.4 is 5.32 Å². The van der Waals surface area contributed by atoms with Gasteiger partial charge in [0.05, 0.1) is 6.61 Å². The van der Waals surface area contributed by atoms with Gasteiger partial charge in [0.25, 0.3) is 0 Å². The molecule has 1 N–H and O–H groups in total. The third kappa shape index (κ3) is 3.30. The summed E-state index contributed by atoms with van der Waals surface area (Å²) in [5.41, 5.74) is 0. The van der Waals surface area contributed by atoms with Crippen LogP contribution in [-0.4, -0.2) is 34.4 Å². The van der Waals surface area contributed by atoms with Crippen LogP contribution in [0.25, 0.3) is 0 Å². The highest BCUT2D eigenvalue weighted by Crippen LogP contribution is 2.29. The van der Waals surface area contributed by atoms with Crippen molar-refractivity contribution >= 4 is 16.7 Å². The molecule has 0 saturated carbocycles. The Balaban J connectivity index is 1.86. The minimum atomic E-state index is -4.51. The first-order chi connectivity index (χ1) is 8.26. The van der Waals surface area contributed by atoms with Gasteiger partial charge < -0.3 is 14.8 Å². The second kappa shape index (κ2) is 4.63. The van der Waals surface area contributed by atoms with Gasteiger partial charge in [-0.2, -0.15) is 22.5 Å². The number of nitrogens with zero attached hydrogens (tertiary/aromatic N) is 2. The Bertz CT molecular complexity index is 421. The smallest absolute Gasteiger partial charge is 0.358 e. The highest BCUT2D eigenvalue weighted by atomic mass is 32.1. The minimum absolute atomic E-state index is 0.121. The number of hydrogen-bond donors (Lipinski definition) is 1. The fraction of sp³-hybridized carbons (Fsp3) is 0.778. The largest absolute Gasteiger partial charge is 0.452 e. The SMILES string of the molecule is CC1(C)OCC(CNc2nc(C(F)(F)F)ns2)O1. The third-order valence-corrected chi connectivity index (χ3v) is 2.90. The van der Waals surface area contributed by atoms with Crippen molar-refractivity contribution in [2.75, 3.05) is 18.5 Å². The lowest BCUT2D eigenvalue weighted by Gasteiger charge is -2.17. The molecule has 18 heavy (non-hydrogen) atoms. The second-order valence-corrected chi connectivity index (χ2v) is 5.00. The summed E-state index contributed by atoms with van der Waals surface area (Å²) in [5.74, 6) is -1.77. The first-order valence-corrected chi connectivity index (χ1v) is 6.00. The van der Waals surface area contributed by atoms with Gasteiger partial charge in [-0.3, -0.25) is 0 Å². The van der Waals surface area contributed by atoms with E-state index in [0.717, 1.165) is 0 Å². The van der Waals surface area contributed by atoms with Gasteiger partial charge in [0, 0.05) is 18.1 Å². The van der Waals surface area contributed by atoms with Gasteiger partial charge in [-0.1, -0.05) is 0 Å². The Morgan fingerprint density at radius 2 is 2.22 bits per heavy atom. The van der Waals surface area contributed by atoms with E-state index in [1.165, 1.54) is 0 Å². The fourth-order valence-electron chi connectivity index (χ4n) is 1.48. The van der Waals surface area contributed by atoms with Crippen LogP contribution in [0, 0.1) is 0 Å². The molecule has 102 valence electrons. The predicted octanol–water partition coefficient (Wildman–Crippen LogP) is 2.12. The molecule has 1 saturated heterocycles. The van der Waals surface area contributed by atoms with E-state index in [0.29, 0.717) is 24.7 Å². The summed E-state index contributed by atoms with van der Waals surface area (Å²) >= 11 is 0.671. The van der Waals surface area contributed by atoms with Crippen molar-refractivity contribution in [2.45, 2.75) is 31.9 Å². The van der Waals surface area contributed by atoms with Crippen molar-refractivity contribution in [3.63, 3.8) is 0 Å². The lowest BCUT2D eigenvalue weighted by molar-refractivity contribution is -0.144. The van der Waals surface area contributed by atoms with Crippen molar-refractivity contribution in [1.29, 1.82) is 0 Å². The fourth-order valence-corrected chi connectivity index (χ4v) is 2.07. The molecule has 5 nitrogen and oxygen atoms in total. The quantitative estimate of drug-likeness (QED) is 0.921. The van der Waals surface area contributed by atoms with E-state index < -0.39 is 17.8 Å². The summed E-state index contributed by atoms with van der Waals surface area (Å²) in [6, 6.07) is 0. The average Bonchev–Trinajstić information content (AvgIpc) is 2.80. The first kappa shape index (κ1) is 13.5. The van der Waals surface area contributed by atoms with E-state index in [1.807, 2.05) is 0 Å². The summed E-state index contributed by atoms with van der Waals surface area (Å²) < 4.78 is 50.8. The van der Waals surface area contributed by atoms with Crippen molar-refractivity contribution in [2.24, 2.45) is 0 Å². The molecule has 1 aromatic heterocycles.